The molecule has 1 saturated heterocycles. The predicted octanol–water partition coefficient (Wildman–Crippen LogP) is -0.257. The molecule has 0 bridgehead atoms. The third kappa shape index (κ3) is 13.8. The van der Waals surface area contributed by atoms with E-state index in [1.807, 2.05) is 0 Å². The molecule has 0 atom stereocenters. The number of hydrogen-bond donors (Lipinski definition) is 0. The van der Waals surface area contributed by atoms with Crippen LogP contribution in [0, 0.1) is 0 Å². The van der Waals surface area contributed by atoms with Crippen molar-refractivity contribution in [2.45, 2.75) is 19.3 Å². The van der Waals surface area contributed by atoms with Gasteiger partial charge in [0.1, 0.15) is 0 Å². The Morgan fingerprint density at radius 2 is 1.31 bits per heavy atom. The molecule has 0 unspecified atom stereocenters. The number of rotatable bonds is 14. The van der Waals surface area contributed by atoms with E-state index in [0.29, 0.717) is 25.9 Å². The molecule has 0 aromatic rings. The first-order chi connectivity index (χ1) is 12.2. The Labute approximate surface area is 157 Å². The summed E-state index contributed by atoms with van der Waals surface area (Å²) in [6.45, 7) is 6.97. The molecule has 0 N–H and O–H groups in total. The second-order valence-electron chi connectivity index (χ2n) is 6.41. The Kier molecular flexibility index (Phi) is 11.2. The fourth-order valence-electron chi connectivity index (χ4n) is 2.68. The molecule has 1 fully saturated rings. The number of morpholine rings is 1. The van der Waals surface area contributed by atoms with Gasteiger partial charge >= 0.3 is 0 Å². The van der Waals surface area contributed by atoms with Gasteiger partial charge in [-0.05, 0) is 32.4 Å². The normalized spacial score (nSPS) is 17.0. The van der Waals surface area contributed by atoms with Crippen molar-refractivity contribution < 1.29 is 29.9 Å². The molecule has 0 amide bonds. The van der Waals surface area contributed by atoms with Crippen LogP contribution in [-0.2, 0) is 33.3 Å². The summed E-state index contributed by atoms with van der Waals surface area (Å²) < 4.78 is 58.9. The highest BCUT2D eigenvalue weighted by molar-refractivity contribution is 7.86. The zero-order valence-corrected chi connectivity index (χ0v) is 17.4. The summed E-state index contributed by atoms with van der Waals surface area (Å²) in [5.41, 5.74) is 0. The molecule has 1 aliphatic rings. The summed E-state index contributed by atoms with van der Waals surface area (Å²) in [5.74, 6) is 0. The van der Waals surface area contributed by atoms with Gasteiger partial charge in [-0.15, -0.1) is 0 Å². The molecule has 1 rings (SSSR count). The number of ether oxygens (including phenoxy) is 1. The molecule has 0 spiro atoms. The quantitative estimate of drug-likeness (QED) is 0.280. The standard InChI is InChI=1S/C15H32N2O7S2/c1-25(18,19)23-12-4-8-16(9-5-13-24-26(2,20)21)6-3-7-17-10-14-22-15-11-17/h3-15H2,1-2H3. The van der Waals surface area contributed by atoms with Crippen molar-refractivity contribution in [3.8, 4) is 0 Å². The van der Waals surface area contributed by atoms with Crippen molar-refractivity contribution in [2.75, 3.05) is 78.2 Å². The Bertz CT molecular complexity index is 535. The third-order valence-electron chi connectivity index (χ3n) is 3.88. The summed E-state index contributed by atoms with van der Waals surface area (Å²) in [6, 6.07) is 0. The first-order valence-corrected chi connectivity index (χ1v) is 12.5. The lowest BCUT2D eigenvalue weighted by molar-refractivity contribution is 0.0360. The highest BCUT2D eigenvalue weighted by atomic mass is 32.2. The molecule has 26 heavy (non-hydrogen) atoms. The Hall–Kier alpha value is -0.300. The second-order valence-corrected chi connectivity index (χ2v) is 9.70. The maximum absolute atomic E-state index is 11.0. The van der Waals surface area contributed by atoms with E-state index in [-0.39, 0.29) is 13.2 Å². The largest absolute Gasteiger partial charge is 0.379 e. The van der Waals surface area contributed by atoms with Gasteiger partial charge in [0.2, 0.25) is 0 Å². The highest BCUT2D eigenvalue weighted by Crippen LogP contribution is 2.03. The van der Waals surface area contributed by atoms with Crippen molar-refractivity contribution in [1.29, 1.82) is 0 Å². The highest BCUT2D eigenvalue weighted by Gasteiger charge is 2.12. The van der Waals surface area contributed by atoms with E-state index in [0.717, 1.165) is 58.3 Å². The van der Waals surface area contributed by atoms with Gasteiger partial charge in [-0.3, -0.25) is 13.3 Å². The zero-order valence-electron chi connectivity index (χ0n) is 15.8. The summed E-state index contributed by atoms with van der Waals surface area (Å²) >= 11 is 0. The van der Waals surface area contributed by atoms with E-state index >= 15 is 0 Å². The van der Waals surface area contributed by atoms with Crippen LogP contribution in [0.1, 0.15) is 19.3 Å². The average Bonchev–Trinajstić information content (AvgIpc) is 2.54. The second kappa shape index (κ2) is 12.2. The van der Waals surface area contributed by atoms with Crippen molar-refractivity contribution in [1.82, 2.24) is 9.80 Å². The van der Waals surface area contributed by atoms with Crippen LogP contribution in [0.4, 0.5) is 0 Å². The SMILES string of the molecule is CS(=O)(=O)OCCCN(CCCOS(C)(=O)=O)CCCN1CCOCC1. The number of nitrogens with zero attached hydrogens (tertiary/aromatic N) is 2. The summed E-state index contributed by atoms with van der Waals surface area (Å²) in [6.07, 6.45) is 4.25. The van der Waals surface area contributed by atoms with Crippen LogP contribution in [-0.4, -0.2) is 105 Å². The lowest BCUT2D eigenvalue weighted by atomic mass is 10.3. The van der Waals surface area contributed by atoms with Crippen LogP contribution in [0.2, 0.25) is 0 Å². The smallest absolute Gasteiger partial charge is 0.264 e. The van der Waals surface area contributed by atoms with Gasteiger partial charge in [-0.1, -0.05) is 0 Å². The first kappa shape index (κ1) is 23.7. The number of hydrogen-bond acceptors (Lipinski definition) is 9. The van der Waals surface area contributed by atoms with E-state index in [1.165, 1.54) is 0 Å². The minimum absolute atomic E-state index is 0.151. The van der Waals surface area contributed by atoms with E-state index in [4.69, 9.17) is 13.1 Å². The summed E-state index contributed by atoms with van der Waals surface area (Å²) in [4.78, 5) is 4.55. The average molecular weight is 417 g/mol. The van der Waals surface area contributed by atoms with E-state index in [1.54, 1.807) is 0 Å². The predicted molar refractivity (Wildman–Crippen MR) is 99.1 cm³/mol. The zero-order chi connectivity index (χ0) is 19.5. The Balaban J connectivity index is 2.30. The fourth-order valence-corrected chi connectivity index (χ4v) is 3.52. The molecule has 0 aromatic heterocycles. The van der Waals surface area contributed by atoms with Crippen LogP contribution in [0.3, 0.4) is 0 Å². The molecule has 0 saturated carbocycles. The Morgan fingerprint density at radius 1 is 0.846 bits per heavy atom. The topological polar surface area (TPSA) is 102 Å². The van der Waals surface area contributed by atoms with Gasteiger partial charge < -0.3 is 9.64 Å². The van der Waals surface area contributed by atoms with Crippen LogP contribution < -0.4 is 0 Å². The molecule has 156 valence electrons. The lowest BCUT2D eigenvalue weighted by Crippen LogP contribution is -2.38. The van der Waals surface area contributed by atoms with Crippen molar-refractivity contribution >= 4 is 20.2 Å². The summed E-state index contributed by atoms with van der Waals surface area (Å²) in [5, 5.41) is 0. The van der Waals surface area contributed by atoms with Gasteiger partial charge in [-0.25, -0.2) is 0 Å². The molecule has 1 aliphatic heterocycles. The van der Waals surface area contributed by atoms with Gasteiger partial charge in [0.05, 0.1) is 38.9 Å². The molecule has 0 radical (unpaired) electrons. The van der Waals surface area contributed by atoms with Crippen LogP contribution in [0.15, 0.2) is 0 Å². The van der Waals surface area contributed by atoms with Gasteiger partial charge in [0.15, 0.2) is 0 Å². The molecule has 0 aromatic carbocycles. The third-order valence-corrected chi connectivity index (χ3v) is 5.07. The molecule has 0 aliphatic carbocycles. The minimum Gasteiger partial charge on any atom is -0.379 e. The molecule has 11 heteroatoms. The maximum atomic E-state index is 11.0. The van der Waals surface area contributed by atoms with E-state index < -0.39 is 20.2 Å². The monoisotopic (exact) mass is 416 g/mol. The first-order valence-electron chi connectivity index (χ1n) is 8.87. The van der Waals surface area contributed by atoms with Crippen LogP contribution >= 0.6 is 0 Å². The molecular weight excluding hydrogens is 384 g/mol. The summed E-state index contributed by atoms with van der Waals surface area (Å²) in [7, 11) is -6.83. The lowest BCUT2D eigenvalue weighted by Gasteiger charge is -2.28. The van der Waals surface area contributed by atoms with Crippen molar-refractivity contribution in [3.05, 3.63) is 0 Å². The van der Waals surface area contributed by atoms with Gasteiger partial charge in [-0.2, -0.15) is 16.8 Å². The maximum Gasteiger partial charge on any atom is 0.264 e. The van der Waals surface area contributed by atoms with E-state index in [9.17, 15) is 16.8 Å². The van der Waals surface area contributed by atoms with Crippen LogP contribution in [0.5, 0.6) is 0 Å². The Morgan fingerprint density at radius 3 is 1.77 bits per heavy atom. The van der Waals surface area contributed by atoms with Gasteiger partial charge in [0.25, 0.3) is 20.2 Å². The fraction of sp³-hybridized carbons (Fsp3) is 1.00. The molecule has 9 nitrogen and oxygen atoms in total. The molecule has 1 heterocycles. The van der Waals surface area contributed by atoms with Gasteiger partial charge in [0, 0.05) is 26.2 Å². The minimum atomic E-state index is -3.41. The van der Waals surface area contributed by atoms with Crippen LogP contribution in [0.25, 0.3) is 0 Å². The molecular formula is C15H32N2O7S2. The van der Waals surface area contributed by atoms with Crippen molar-refractivity contribution in [2.24, 2.45) is 0 Å². The van der Waals surface area contributed by atoms with Crippen molar-refractivity contribution in [3.63, 3.8) is 0 Å². The van der Waals surface area contributed by atoms with E-state index in [2.05, 4.69) is 9.80 Å².